The van der Waals surface area contributed by atoms with E-state index in [1.54, 1.807) is 6.20 Å². The smallest absolute Gasteiger partial charge is 0.127 e. The molecule has 4 heteroatoms. The first-order chi connectivity index (χ1) is 7.75. The highest BCUT2D eigenvalue weighted by Crippen LogP contribution is 2.16. The van der Waals surface area contributed by atoms with Crippen LogP contribution >= 0.6 is 12.6 Å². The molecular formula is C12H13N3S. The Labute approximate surface area is 100 Å². The average molecular weight is 231 g/mol. The number of pyridine rings is 2. The van der Waals surface area contributed by atoms with E-state index >= 15 is 0 Å². The third-order valence-electron chi connectivity index (χ3n) is 2.23. The summed E-state index contributed by atoms with van der Waals surface area (Å²) in [6.07, 6.45) is 1.79. The molecule has 0 fully saturated rings. The molecule has 0 amide bonds. The van der Waals surface area contributed by atoms with Gasteiger partial charge in [0, 0.05) is 6.20 Å². The third kappa shape index (κ3) is 2.73. The summed E-state index contributed by atoms with van der Waals surface area (Å²) in [6, 6.07) is 11.7. The maximum absolute atomic E-state index is 4.29. The fourth-order valence-corrected chi connectivity index (χ4v) is 1.63. The van der Waals surface area contributed by atoms with Gasteiger partial charge in [0.05, 0.1) is 16.8 Å². The van der Waals surface area contributed by atoms with Crippen molar-refractivity contribution in [2.24, 2.45) is 0 Å². The highest BCUT2D eigenvalue weighted by molar-refractivity contribution is 7.80. The quantitative estimate of drug-likeness (QED) is 0.798. The minimum atomic E-state index is 0.129. The number of nitrogens with one attached hydrogen (secondary N) is 1. The number of anilines is 1. The van der Waals surface area contributed by atoms with Gasteiger partial charge in [0.15, 0.2) is 0 Å². The van der Waals surface area contributed by atoms with Crippen molar-refractivity contribution in [1.82, 2.24) is 9.97 Å². The highest BCUT2D eigenvalue weighted by atomic mass is 32.1. The van der Waals surface area contributed by atoms with Crippen LogP contribution in [0.4, 0.5) is 5.82 Å². The van der Waals surface area contributed by atoms with Crippen LogP contribution in [0.15, 0.2) is 47.6 Å². The molecule has 2 rings (SSSR count). The van der Waals surface area contributed by atoms with E-state index in [0.29, 0.717) is 5.03 Å². The van der Waals surface area contributed by atoms with Crippen LogP contribution in [-0.2, 0) is 0 Å². The van der Waals surface area contributed by atoms with Crippen LogP contribution in [0.3, 0.4) is 0 Å². The van der Waals surface area contributed by atoms with Crippen LogP contribution in [0.1, 0.15) is 18.7 Å². The predicted octanol–water partition coefficient (Wildman–Crippen LogP) is 2.94. The van der Waals surface area contributed by atoms with Crippen molar-refractivity contribution in [3.8, 4) is 0 Å². The normalized spacial score (nSPS) is 12.1. The van der Waals surface area contributed by atoms with Gasteiger partial charge >= 0.3 is 0 Å². The van der Waals surface area contributed by atoms with Crippen molar-refractivity contribution >= 4 is 18.4 Å². The van der Waals surface area contributed by atoms with Gasteiger partial charge < -0.3 is 5.32 Å². The number of aromatic nitrogens is 2. The molecule has 0 saturated carbocycles. The Kier molecular flexibility index (Phi) is 3.41. The first kappa shape index (κ1) is 11.0. The summed E-state index contributed by atoms with van der Waals surface area (Å²) in [5.41, 5.74) is 0.994. The summed E-state index contributed by atoms with van der Waals surface area (Å²) >= 11 is 4.20. The zero-order chi connectivity index (χ0) is 11.4. The number of hydrogen-bond donors (Lipinski definition) is 2. The molecule has 82 valence electrons. The Morgan fingerprint density at radius 2 is 2.06 bits per heavy atom. The summed E-state index contributed by atoms with van der Waals surface area (Å²) in [5, 5.41) is 3.98. The molecule has 0 unspecified atom stereocenters. The Morgan fingerprint density at radius 1 is 1.19 bits per heavy atom. The third-order valence-corrected chi connectivity index (χ3v) is 2.48. The molecule has 3 nitrogen and oxygen atoms in total. The van der Waals surface area contributed by atoms with E-state index in [9.17, 15) is 0 Å². The van der Waals surface area contributed by atoms with E-state index in [1.807, 2.05) is 36.4 Å². The lowest BCUT2D eigenvalue weighted by molar-refractivity contribution is 0.828. The van der Waals surface area contributed by atoms with Crippen molar-refractivity contribution in [3.63, 3.8) is 0 Å². The van der Waals surface area contributed by atoms with E-state index in [4.69, 9.17) is 0 Å². The van der Waals surface area contributed by atoms with Gasteiger partial charge in [-0.3, -0.25) is 4.98 Å². The summed E-state index contributed by atoms with van der Waals surface area (Å²) < 4.78 is 0. The average Bonchev–Trinajstić information content (AvgIpc) is 2.30. The molecule has 0 aliphatic rings. The van der Waals surface area contributed by atoms with Crippen molar-refractivity contribution < 1.29 is 0 Å². The molecule has 2 aromatic rings. The second kappa shape index (κ2) is 4.99. The molecule has 0 spiro atoms. The molecule has 16 heavy (non-hydrogen) atoms. The largest absolute Gasteiger partial charge is 0.362 e. The molecular weight excluding hydrogens is 218 g/mol. The Morgan fingerprint density at radius 3 is 2.75 bits per heavy atom. The number of nitrogens with zero attached hydrogens (tertiary/aromatic N) is 2. The summed E-state index contributed by atoms with van der Waals surface area (Å²) in [6.45, 7) is 2.05. The van der Waals surface area contributed by atoms with Crippen LogP contribution in [0.5, 0.6) is 0 Å². The van der Waals surface area contributed by atoms with E-state index in [2.05, 4.69) is 34.8 Å². The molecule has 0 aliphatic carbocycles. The van der Waals surface area contributed by atoms with Crippen LogP contribution in [0.2, 0.25) is 0 Å². The monoisotopic (exact) mass is 231 g/mol. The Balaban J connectivity index is 2.11. The predicted molar refractivity (Wildman–Crippen MR) is 67.8 cm³/mol. The van der Waals surface area contributed by atoms with Gasteiger partial charge in [-0.05, 0) is 31.2 Å². The summed E-state index contributed by atoms with van der Waals surface area (Å²) in [4.78, 5) is 8.55. The fourth-order valence-electron chi connectivity index (χ4n) is 1.43. The van der Waals surface area contributed by atoms with Crippen molar-refractivity contribution in [2.75, 3.05) is 5.32 Å². The minimum absolute atomic E-state index is 0.129. The van der Waals surface area contributed by atoms with Crippen LogP contribution in [0, 0.1) is 0 Å². The molecule has 0 aliphatic heterocycles. The maximum Gasteiger partial charge on any atom is 0.127 e. The SMILES string of the molecule is C[C@@H](Nc1cccc(S)n1)c1ccccn1. The topological polar surface area (TPSA) is 37.8 Å². The number of thiol groups is 1. The standard InChI is InChI=1S/C12H13N3S/c1-9(10-5-2-3-8-13-10)14-11-6-4-7-12(16)15-11/h2-9H,1H3,(H2,14,15,16)/t9-/m1/s1. The van der Waals surface area contributed by atoms with Gasteiger partial charge in [-0.25, -0.2) is 4.98 Å². The number of hydrogen-bond acceptors (Lipinski definition) is 4. The van der Waals surface area contributed by atoms with Crippen molar-refractivity contribution in [3.05, 3.63) is 48.3 Å². The zero-order valence-corrected chi connectivity index (χ0v) is 9.85. The molecule has 0 aromatic carbocycles. The number of rotatable bonds is 3. The van der Waals surface area contributed by atoms with Crippen molar-refractivity contribution in [1.29, 1.82) is 0 Å². The first-order valence-corrected chi connectivity index (χ1v) is 5.54. The summed E-state index contributed by atoms with van der Waals surface area (Å²) in [5.74, 6) is 0.811. The lowest BCUT2D eigenvalue weighted by atomic mass is 10.2. The fraction of sp³-hybridized carbons (Fsp3) is 0.167. The van der Waals surface area contributed by atoms with Gasteiger partial charge in [-0.2, -0.15) is 0 Å². The second-order valence-electron chi connectivity index (χ2n) is 3.50. The molecule has 0 bridgehead atoms. The molecule has 2 aromatic heterocycles. The van der Waals surface area contributed by atoms with E-state index in [-0.39, 0.29) is 6.04 Å². The van der Waals surface area contributed by atoms with Gasteiger partial charge in [0.1, 0.15) is 5.82 Å². The molecule has 1 atom stereocenters. The second-order valence-corrected chi connectivity index (χ2v) is 3.96. The van der Waals surface area contributed by atoms with Crippen molar-refractivity contribution in [2.45, 2.75) is 18.0 Å². The van der Waals surface area contributed by atoms with Gasteiger partial charge in [-0.15, -0.1) is 12.6 Å². The lowest BCUT2D eigenvalue weighted by Crippen LogP contribution is -2.09. The maximum atomic E-state index is 4.29. The van der Waals surface area contributed by atoms with Gasteiger partial charge in [-0.1, -0.05) is 12.1 Å². The van der Waals surface area contributed by atoms with Gasteiger partial charge in [0.25, 0.3) is 0 Å². The van der Waals surface area contributed by atoms with Crippen LogP contribution < -0.4 is 5.32 Å². The first-order valence-electron chi connectivity index (χ1n) is 5.09. The lowest BCUT2D eigenvalue weighted by Gasteiger charge is -2.13. The molecule has 2 heterocycles. The van der Waals surface area contributed by atoms with E-state index < -0.39 is 0 Å². The Hall–Kier alpha value is -1.55. The van der Waals surface area contributed by atoms with Crippen LogP contribution in [-0.4, -0.2) is 9.97 Å². The Bertz CT molecular complexity index is 459. The molecule has 1 N–H and O–H groups in total. The van der Waals surface area contributed by atoms with Crippen LogP contribution in [0.25, 0.3) is 0 Å². The molecule has 0 radical (unpaired) electrons. The summed E-state index contributed by atoms with van der Waals surface area (Å²) in [7, 11) is 0. The van der Waals surface area contributed by atoms with E-state index in [0.717, 1.165) is 11.5 Å². The van der Waals surface area contributed by atoms with Gasteiger partial charge in [0.2, 0.25) is 0 Å². The zero-order valence-electron chi connectivity index (χ0n) is 8.96. The molecule has 0 saturated heterocycles. The highest BCUT2D eigenvalue weighted by Gasteiger charge is 2.06. The van der Waals surface area contributed by atoms with E-state index in [1.165, 1.54) is 0 Å². The minimum Gasteiger partial charge on any atom is -0.362 e.